The molecule has 0 fully saturated rings. The second-order valence-corrected chi connectivity index (χ2v) is 6.75. The van der Waals surface area contributed by atoms with Gasteiger partial charge in [0.15, 0.2) is 11.9 Å². The van der Waals surface area contributed by atoms with Crippen LogP contribution in [-0.2, 0) is 4.79 Å². The van der Waals surface area contributed by atoms with E-state index in [0.29, 0.717) is 33.3 Å². The van der Waals surface area contributed by atoms with Crippen molar-refractivity contribution in [3.05, 3.63) is 88.9 Å². The molecule has 0 spiro atoms. The molecule has 29 heavy (non-hydrogen) atoms. The van der Waals surface area contributed by atoms with E-state index in [-0.39, 0.29) is 11.7 Å². The number of ketones is 1. The first-order valence-corrected chi connectivity index (χ1v) is 9.36. The minimum Gasteiger partial charge on any atom is -0.495 e. The summed E-state index contributed by atoms with van der Waals surface area (Å²) in [6.45, 7) is 1.65. The number of rotatable bonds is 7. The summed E-state index contributed by atoms with van der Waals surface area (Å²) < 4.78 is 10.9. The highest BCUT2D eigenvalue weighted by atomic mass is 35.5. The lowest BCUT2D eigenvalue weighted by Gasteiger charge is -2.16. The Morgan fingerprint density at radius 1 is 0.897 bits per heavy atom. The van der Waals surface area contributed by atoms with Crippen LogP contribution in [0, 0.1) is 0 Å². The fourth-order valence-corrected chi connectivity index (χ4v) is 2.82. The topological polar surface area (TPSA) is 64.6 Å². The Bertz CT molecular complexity index is 1000. The third-order valence-electron chi connectivity index (χ3n) is 4.27. The van der Waals surface area contributed by atoms with E-state index in [1.54, 1.807) is 73.7 Å². The number of nitrogens with one attached hydrogen (secondary N) is 1. The van der Waals surface area contributed by atoms with E-state index < -0.39 is 6.10 Å². The number of carbonyl (C=O) groups is 2. The number of carbonyl (C=O) groups excluding carboxylic acids is 2. The quantitative estimate of drug-likeness (QED) is 0.558. The van der Waals surface area contributed by atoms with Gasteiger partial charge in [-0.2, -0.15) is 0 Å². The normalized spacial score (nSPS) is 11.4. The van der Waals surface area contributed by atoms with Crippen molar-refractivity contribution in [1.29, 1.82) is 0 Å². The molecule has 3 aromatic carbocycles. The van der Waals surface area contributed by atoms with Crippen LogP contribution in [-0.4, -0.2) is 24.9 Å². The molecule has 0 aliphatic carbocycles. The van der Waals surface area contributed by atoms with Gasteiger partial charge in [0.25, 0.3) is 5.91 Å². The molecule has 1 amide bonds. The second kappa shape index (κ2) is 9.26. The van der Waals surface area contributed by atoms with Gasteiger partial charge in [0.2, 0.25) is 0 Å². The standard InChI is InChI=1S/C23H20ClNO4/c1-15(23(27)25-20-5-3-4-6-21(20)28-2)29-19-13-9-17(10-14-19)22(26)16-7-11-18(24)12-8-16/h3-15H,1-2H3,(H,25,27)/t15-/m1/s1. The molecule has 0 aliphatic heterocycles. The maximum absolute atomic E-state index is 12.5. The molecule has 1 N–H and O–H groups in total. The highest BCUT2D eigenvalue weighted by molar-refractivity contribution is 6.30. The van der Waals surface area contributed by atoms with Gasteiger partial charge < -0.3 is 14.8 Å². The Labute approximate surface area is 174 Å². The van der Waals surface area contributed by atoms with Crippen molar-refractivity contribution >= 4 is 29.0 Å². The summed E-state index contributed by atoms with van der Waals surface area (Å²) in [5.74, 6) is 0.629. The molecule has 0 aromatic heterocycles. The third-order valence-corrected chi connectivity index (χ3v) is 4.52. The van der Waals surface area contributed by atoms with Crippen LogP contribution in [0.2, 0.25) is 5.02 Å². The lowest BCUT2D eigenvalue weighted by molar-refractivity contribution is -0.122. The Morgan fingerprint density at radius 3 is 2.10 bits per heavy atom. The van der Waals surface area contributed by atoms with Gasteiger partial charge in [0.1, 0.15) is 11.5 Å². The molecule has 0 saturated carbocycles. The average molecular weight is 410 g/mol. The number of methoxy groups -OCH3 is 1. The number of hydrogen-bond acceptors (Lipinski definition) is 4. The van der Waals surface area contributed by atoms with Crippen LogP contribution >= 0.6 is 11.6 Å². The lowest BCUT2D eigenvalue weighted by Crippen LogP contribution is -2.30. The number of para-hydroxylation sites is 2. The first kappa shape index (κ1) is 20.4. The van der Waals surface area contributed by atoms with E-state index in [1.165, 1.54) is 7.11 Å². The van der Waals surface area contributed by atoms with Crippen molar-refractivity contribution in [2.75, 3.05) is 12.4 Å². The maximum atomic E-state index is 12.5. The lowest BCUT2D eigenvalue weighted by atomic mass is 10.0. The second-order valence-electron chi connectivity index (χ2n) is 6.31. The van der Waals surface area contributed by atoms with E-state index in [9.17, 15) is 9.59 Å². The first-order valence-electron chi connectivity index (χ1n) is 8.99. The molecule has 3 rings (SSSR count). The van der Waals surface area contributed by atoms with Gasteiger partial charge in [0, 0.05) is 16.1 Å². The monoisotopic (exact) mass is 409 g/mol. The van der Waals surface area contributed by atoms with Crippen LogP contribution < -0.4 is 14.8 Å². The Balaban J connectivity index is 1.63. The molecule has 0 bridgehead atoms. The van der Waals surface area contributed by atoms with Crippen LogP contribution in [0.1, 0.15) is 22.8 Å². The van der Waals surface area contributed by atoms with Gasteiger partial charge in [0.05, 0.1) is 12.8 Å². The van der Waals surface area contributed by atoms with Crippen LogP contribution in [0.15, 0.2) is 72.8 Å². The molecule has 1 atom stereocenters. The number of amides is 1. The van der Waals surface area contributed by atoms with Crippen LogP contribution in [0.4, 0.5) is 5.69 Å². The molecular formula is C23H20ClNO4. The number of benzene rings is 3. The van der Waals surface area contributed by atoms with E-state index in [2.05, 4.69) is 5.32 Å². The van der Waals surface area contributed by atoms with Crippen molar-refractivity contribution < 1.29 is 19.1 Å². The molecule has 0 unspecified atom stereocenters. The highest BCUT2D eigenvalue weighted by Crippen LogP contribution is 2.24. The largest absolute Gasteiger partial charge is 0.495 e. The summed E-state index contributed by atoms with van der Waals surface area (Å²) in [6, 6.07) is 20.5. The minimum atomic E-state index is -0.738. The molecule has 148 valence electrons. The van der Waals surface area contributed by atoms with Gasteiger partial charge >= 0.3 is 0 Å². The zero-order valence-corrected chi connectivity index (χ0v) is 16.8. The summed E-state index contributed by atoms with van der Waals surface area (Å²) in [4.78, 5) is 24.9. The van der Waals surface area contributed by atoms with Gasteiger partial charge in [-0.1, -0.05) is 23.7 Å². The highest BCUT2D eigenvalue weighted by Gasteiger charge is 2.17. The predicted molar refractivity (Wildman–Crippen MR) is 113 cm³/mol. The smallest absolute Gasteiger partial charge is 0.265 e. The zero-order valence-electron chi connectivity index (χ0n) is 16.0. The molecule has 0 aliphatic rings. The van der Waals surface area contributed by atoms with Crippen molar-refractivity contribution in [2.45, 2.75) is 13.0 Å². The van der Waals surface area contributed by atoms with Gasteiger partial charge in [-0.3, -0.25) is 9.59 Å². The summed E-state index contributed by atoms with van der Waals surface area (Å²) >= 11 is 5.86. The Morgan fingerprint density at radius 2 is 1.48 bits per heavy atom. The van der Waals surface area contributed by atoms with Crippen molar-refractivity contribution in [1.82, 2.24) is 0 Å². The minimum absolute atomic E-state index is 0.116. The van der Waals surface area contributed by atoms with Gasteiger partial charge in [-0.15, -0.1) is 0 Å². The van der Waals surface area contributed by atoms with E-state index in [0.717, 1.165) is 0 Å². The van der Waals surface area contributed by atoms with E-state index in [4.69, 9.17) is 21.1 Å². The summed E-state index contributed by atoms with van der Waals surface area (Å²) in [5.41, 5.74) is 1.64. The third kappa shape index (κ3) is 5.15. The van der Waals surface area contributed by atoms with E-state index >= 15 is 0 Å². The number of anilines is 1. The van der Waals surface area contributed by atoms with Gasteiger partial charge in [-0.25, -0.2) is 0 Å². The first-order chi connectivity index (χ1) is 14.0. The fraction of sp³-hybridized carbons (Fsp3) is 0.130. The Kier molecular flexibility index (Phi) is 6.52. The number of ether oxygens (including phenoxy) is 2. The summed E-state index contributed by atoms with van der Waals surface area (Å²) in [5, 5.41) is 3.36. The van der Waals surface area contributed by atoms with Crippen LogP contribution in [0.25, 0.3) is 0 Å². The van der Waals surface area contributed by atoms with Crippen molar-refractivity contribution in [3.8, 4) is 11.5 Å². The molecular weight excluding hydrogens is 390 g/mol. The summed E-state index contributed by atoms with van der Waals surface area (Å²) in [7, 11) is 1.54. The maximum Gasteiger partial charge on any atom is 0.265 e. The van der Waals surface area contributed by atoms with E-state index in [1.807, 2.05) is 6.07 Å². The van der Waals surface area contributed by atoms with Crippen LogP contribution in [0.3, 0.4) is 0 Å². The molecule has 0 radical (unpaired) electrons. The average Bonchev–Trinajstić information content (AvgIpc) is 2.74. The van der Waals surface area contributed by atoms with Crippen molar-refractivity contribution in [2.24, 2.45) is 0 Å². The summed E-state index contributed by atoms with van der Waals surface area (Å²) in [6.07, 6.45) is -0.738. The SMILES string of the molecule is COc1ccccc1NC(=O)[C@@H](C)Oc1ccc(C(=O)c2ccc(Cl)cc2)cc1. The zero-order chi connectivity index (χ0) is 20.8. The van der Waals surface area contributed by atoms with Gasteiger partial charge in [-0.05, 0) is 67.6 Å². The number of hydrogen-bond donors (Lipinski definition) is 1. The van der Waals surface area contributed by atoms with Crippen molar-refractivity contribution in [3.63, 3.8) is 0 Å². The Hall–Kier alpha value is -3.31. The molecule has 5 nitrogen and oxygen atoms in total. The molecule has 0 saturated heterocycles. The fourth-order valence-electron chi connectivity index (χ4n) is 2.69. The molecule has 6 heteroatoms. The number of halogens is 1. The van der Waals surface area contributed by atoms with Crippen LogP contribution in [0.5, 0.6) is 11.5 Å². The molecule has 3 aromatic rings. The molecule has 0 heterocycles. The predicted octanol–water partition coefficient (Wildman–Crippen LogP) is 4.99.